The van der Waals surface area contributed by atoms with Crippen LogP contribution >= 0.6 is 0 Å². The number of fused-ring (bicyclic) bond motifs is 1. The van der Waals surface area contributed by atoms with Gasteiger partial charge in [0.25, 0.3) is 0 Å². The van der Waals surface area contributed by atoms with E-state index in [1.54, 1.807) is 18.2 Å². The number of alkyl halides is 6. The summed E-state index contributed by atoms with van der Waals surface area (Å²) in [6, 6.07) is 13.2. The van der Waals surface area contributed by atoms with E-state index in [2.05, 4.69) is 4.98 Å². The van der Waals surface area contributed by atoms with Crippen molar-refractivity contribution < 1.29 is 30.8 Å². The first-order valence-electron chi connectivity index (χ1n) is 10.0. The molecule has 0 radical (unpaired) electrons. The van der Waals surface area contributed by atoms with Gasteiger partial charge < -0.3 is 4.42 Å². The van der Waals surface area contributed by atoms with Gasteiger partial charge in [-0.15, -0.1) is 0 Å². The molecule has 2 nitrogen and oxygen atoms in total. The molecule has 172 valence electrons. The molecule has 1 heterocycles. The fourth-order valence-corrected chi connectivity index (χ4v) is 3.54. The molecule has 0 fully saturated rings. The van der Waals surface area contributed by atoms with Crippen LogP contribution in [0.1, 0.15) is 37.5 Å². The Balaban J connectivity index is 1.90. The van der Waals surface area contributed by atoms with Gasteiger partial charge in [-0.3, -0.25) is 0 Å². The molecule has 0 N–H and O–H groups in total. The Kier molecular flexibility index (Phi) is 5.30. The molecule has 4 rings (SSSR count). The van der Waals surface area contributed by atoms with Gasteiger partial charge in [0.1, 0.15) is 5.52 Å². The van der Waals surface area contributed by atoms with Crippen molar-refractivity contribution in [3.63, 3.8) is 0 Å². The van der Waals surface area contributed by atoms with Crippen LogP contribution in [0, 0.1) is 0 Å². The predicted octanol–water partition coefficient (Wildman–Crippen LogP) is 8.50. The van der Waals surface area contributed by atoms with Crippen molar-refractivity contribution in [1.29, 1.82) is 0 Å². The summed E-state index contributed by atoms with van der Waals surface area (Å²) in [5.41, 5.74) is -0.669. The Labute approximate surface area is 185 Å². The van der Waals surface area contributed by atoms with Gasteiger partial charge in [-0.25, -0.2) is 4.98 Å². The molecule has 3 aromatic carbocycles. The summed E-state index contributed by atoms with van der Waals surface area (Å²) in [5.74, 6) is 0.109. The van der Waals surface area contributed by atoms with E-state index in [1.165, 1.54) is 12.1 Å². The van der Waals surface area contributed by atoms with E-state index in [0.717, 1.165) is 5.56 Å². The third kappa shape index (κ3) is 4.60. The molecule has 33 heavy (non-hydrogen) atoms. The lowest BCUT2D eigenvalue weighted by atomic mass is 9.87. The fraction of sp³-hybridized carbons (Fsp3) is 0.240. The van der Waals surface area contributed by atoms with Gasteiger partial charge in [0.05, 0.1) is 11.1 Å². The zero-order chi connectivity index (χ0) is 24.2. The molecule has 0 saturated heterocycles. The second-order valence-electron chi connectivity index (χ2n) is 8.79. The highest BCUT2D eigenvalue weighted by molar-refractivity contribution is 5.84. The Hall–Kier alpha value is -3.29. The Bertz CT molecular complexity index is 1290. The third-order valence-corrected chi connectivity index (χ3v) is 5.31. The summed E-state index contributed by atoms with van der Waals surface area (Å²) in [4.78, 5) is 4.47. The van der Waals surface area contributed by atoms with Gasteiger partial charge in [-0.05, 0) is 58.5 Å². The lowest BCUT2D eigenvalue weighted by Crippen LogP contribution is -2.11. The van der Waals surface area contributed by atoms with Gasteiger partial charge >= 0.3 is 12.4 Å². The van der Waals surface area contributed by atoms with Crippen LogP contribution in [0.5, 0.6) is 0 Å². The van der Waals surface area contributed by atoms with E-state index in [9.17, 15) is 26.3 Å². The number of aromatic nitrogens is 1. The molecule has 0 spiro atoms. The normalized spacial score (nSPS) is 13.0. The van der Waals surface area contributed by atoms with Crippen molar-refractivity contribution in [2.75, 3.05) is 0 Å². The first-order chi connectivity index (χ1) is 15.2. The summed E-state index contributed by atoms with van der Waals surface area (Å²) in [6.07, 6.45) is -9.88. The second kappa shape index (κ2) is 7.64. The van der Waals surface area contributed by atoms with E-state index in [-0.39, 0.29) is 28.5 Å². The Morgan fingerprint density at radius 3 is 1.79 bits per heavy atom. The van der Waals surface area contributed by atoms with Gasteiger partial charge in [-0.1, -0.05) is 45.0 Å². The maximum Gasteiger partial charge on any atom is 0.416 e. The molecule has 4 aromatic rings. The first-order valence-corrected chi connectivity index (χ1v) is 10.0. The molecule has 0 aliphatic heterocycles. The number of halogens is 6. The average Bonchev–Trinajstić information content (AvgIpc) is 3.15. The monoisotopic (exact) mass is 463 g/mol. The highest BCUT2D eigenvalue weighted by Crippen LogP contribution is 2.41. The van der Waals surface area contributed by atoms with Crippen LogP contribution in [-0.2, 0) is 17.8 Å². The van der Waals surface area contributed by atoms with Crippen LogP contribution in [-0.4, -0.2) is 4.98 Å². The van der Waals surface area contributed by atoms with Crippen molar-refractivity contribution in [1.82, 2.24) is 4.98 Å². The molecular formula is C25H19F6NO. The maximum atomic E-state index is 13.4. The summed E-state index contributed by atoms with van der Waals surface area (Å²) in [7, 11) is 0. The summed E-state index contributed by atoms with van der Waals surface area (Å²) >= 11 is 0. The Morgan fingerprint density at radius 1 is 0.667 bits per heavy atom. The molecular weight excluding hydrogens is 444 g/mol. The highest BCUT2D eigenvalue weighted by atomic mass is 19.4. The van der Waals surface area contributed by atoms with Crippen LogP contribution in [0.25, 0.3) is 33.7 Å². The number of hydrogen-bond acceptors (Lipinski definition) is 2. The number of rotatable bonds is 2. The van der Waals surface area contributed by atoms with Crippen LogP contribution in [0.15, 0.2) is 65.1 Å². The van der Waals surface area contributed by atoms with Crippen LogP contribution in [0.4, 0.5) is 26.3 Å². The largest absolute Gasteiger partial charge is 0.436 e. The summed E-state index contributed by atoms with van der Waals surface area (Å²) in [5, 5.41) is 0. The van der Waals surface area contributed by atoms with Crippen LogP contribution in [0.2, 0.25) is 0 Å². The van der Waals surface area contributed by atoms with E-state index in [1.807, 2.05) is 32.9 Å². The van der Waals surface area contributed by atoms with E-state index >= 15 is 0 Å². The minimum Gasteiger partial charge on any atom is -0.436 e. The van der Waals surface area contributed by atoms with Crippen molar-refractivity contribution in [2.45, 2.75) is 38.5 Å². The minimum atomic E-state index is -4.94. The van der Waals surface area contributed by atoms with Crippen molar-refractivity contribution >= 4 is 11.1 Å². The van der Waals surface area contributed by atoms with Crippen molar-refractivity contribution in [3.8, 4) is 22.6 Å². The quantitative estimate of drug-likeness (QED) is 0.279. The zero-order valence-electron chi connectivity index (χ0n) is 17.9. The number of hydrogen-bond donors (Lipinski definition) is 0. The first kappa shape index (κ1) is 22.9. The molecule has 0 aliphatic carbocycles. The SMILES string of the molecule is CC(C)(C)c1ccc2oc(-c3ccccc3-c3cc(C(F)(F)F)cc(C(F)(F)F)c3)nc2c1. The number of oxazole rings is 1. The highest BCUT2D eigenvalue weighted by Gasteiger charge is 2.37. The van der Waals surface area contributed by atoms with E-state index in [0.29, 0.717) is 28.8 Å². The molecule has 0 amide bonds. The van der Waals surface area contributed by atoms with Gasteiger partial charge in [-0.2, -0.15) is 26.3 Å². The standard InChI is InChI=1S/C25H19F6NO/c1-23(2,3)15-8-9-21-20(13-15)32-22(33-21)19-7-5-4-6-18(19)14-10-16(24(26,27)28)12-17(11-14)25(29,30)31/h4-13H,1-3H3. The van der Waals surface area contributed by atoms with Crippen LogP contribution in [0.3, 0.4) is 0 Å². The predicted molar refractivity (Wildman–Crippen MR) is 114 cm³/mol. The minimum absolute atomic E-state index is 0.109. The Morgan fingerprint density at radius 2 is 1.24 bits per heavy atom. The topological polar surface area (TPSA) is 26.0 Å². The molecule has 0 bridgehead atoms. The number of benzene rings is 3. The summed E-state index contributed by atoms with van der Waals surface area (Å²) < 4.78 is 85.9. The third-order valence-electron chi connectivity index (χ3n) is 5.31. The molecule has 0 unspecified atom stereocenters. The van der Waals surface area contributed by atoms with E-state index in [4.69, 9.17) is 4.42 Å². The summed E-state index contributed by atoms with van der Waals surface area (Å²) in [6.45, 7) is 6.11. The molecule has 0 atom stereocenters. The molecule has 0 saturated carbocycles. The zero-order valence-corrected chi connectivity index (χ0v) is 17.9. The smallest absolute Gasteiger partial charge is 0.416 e. The van der Waals surface area contributed by atoms with Crippen molar-refractivity contribution in [3.05, 3.63) is 77.4 Å². The van der Waals surface area contributed by atoms with Gasteiger partial charge in [0.2, 0.25) is 5.89 Å². The maximum absolute atomic E-state index is 13.4. The van der Waals surface area contributed by atoms with E-state index < -0.39 is 23.5 Å². The molecule has 8 heteroatoms. The fourth-order valence-electron chi connectivity index (χ4n) is 3.54. The van der Waals surface area contributed by atoms with Crippen molar-refractivity contribution in [2.24, 2.45) is 0 Å². The lowest BCUT2D eigenvalue weighted by Gasteiger charge is -2.18. The molecule has 1 aromatic heterocycles. The van der Waals surface area contributed by atoms with Crippen LogP contribution < -0.4 is 0 Å². The molecule has 0 aliphatic rings. The average molecular weight is 463 g/mol. The second-order valence-corrected chi connectivity index (χ2v) is 8.79. The van der Waals surface area contributed by atoms with Gasteiger partial charge in [0.15, 0.2) is 5.58 Å². The number of nitrogens with zero attached hydrogens (tertiary/aromatic N) is 1. The lowest BCUT2D eigenvalue weighted by molar-refractivity contribution is -0.143. The van der Waals surface area contributed by atoms with Gasteiger partial charge in [0, 0.05) is 5.56 Å².